The Morgan fingerprint density at radius 1 is 1.37 bits per heavy atom. The molecule has 2 unspecified atom stereocenters. The van der Waals surface area contributed by atoms with Crippen LogP contribution in [-0.2, 0) is 9.59 Å². The molecule has 3 rings (SSSR count). The monoisotopic (exact) mass is 374 g/mol. The molecule has 3 amide bonds. The Bertz CT molecular complexity index is 736. The standard InChI is InChI=1S/C19H26N4O4/c1-4-12(2)10-21-11-16-22(19(27)14-5-6-15(24)20-9-14)8-7-17(25)23(16)13(3)18(21)26/h5-6,9,12-13,16H,4,7-8,10-11H2,1-3H3,(H,20,24)/t12?,13-,16?/m1/s1. The maximum atomic E-state index is 13.0. The van der Waals surface area contributed by atoms with Crippen molar-refractivity contribution in [3.63, 3.8) is 0 Å². The first-order chi connectivity index (χ1) is 12.8. The van der Waals surface area contributed by atoms with E-state index in [4.69, 9.17) is 0 Å². The van der Waals surface area contributed by atoms with E-state index in [2.05, 4.69) is 18.8 Å². The van der Waals surface area contributed by atoms with Crippen LogP contribution in [0.25, 0.3) is 0 Å². The number of hydrogen-bond donors (Lipinski definition) is 1. The SMILES string of the molecule is CCC(C)CN1CC2N(C(=O)c3ccc(O)nc3)CCC(=O)N2[C@H](C)C1=O. The summed E-state index contributed by atoms with van der Waals surface area (Å²) in [5.41, 5.74) is 0.347. The van der Waals surface area contributed by atoms with Crippen molar-refractivity contribution in [2.45, 2.75) is 45.8 Å². The van der Waals surface area contributed by atoms with Gasteiger partial charge in [-0.1, -0.05) is 20.3 Å². The minimum atomic E-state index is -0.589. The normalized spacial score (nSPS) is 24.0. The number of aromatic hydroxyl groups is 1. The average Bonchev–Trinajstić information content (AvgIpc) is 2.65. The number of aromatic nitrogens is 1. The summed E-state index contributed by atoms with van der Waals surface area (Å²) in [7, 11) is 0. The molecule has 8 nitrogen and oxygen atoms in total. The van der Waals surface area contributed by atoms with Crippen LogP contribution in [-0.4, -0.2) is 74.4 Å². The van der Waals surface area contributed by atoms with Gasteiger partial charge in [0.05, 0.1) is 12.1 Å². The third kappa shape index (κ3) is 3.61. The van der Waals surface area contributed by atoms with Crippen molar-refractivity contribution < 1.29 is 19.5 Å². The smallest absolute Gasteiger partial charge is 0.257 e. The number of amides is 3. The second-order valence-corrected chi connectivity index (χ2v) is 7.37. The molecule has 0 radical (unpaired) electrons. The maximum absolute atomic E-state index is 13.0. The lowest BCUT2D eigenvalue weighted by Crippen LogP contribution is -2.70. The highest BCUT2D eigenvalue weighted by Gasteiger charge is 2.47. The topological polar surface area (TPSA) is 94.1 Å². The van der Waals surface area contributed by atoms with Gasteiger partial charge in [0.15, 0.2) is 0 Å². The highest BCUT2D eigenvalue weighted by atomic mass is 16.3. The average molecular weight is 374 g/mol. The maximum Gasteiger partial charge on any atom is 0.257 e. The molecule has 0 bridgehead atoms. The molecule has 2 saturated heterocycles. The fraction of sp³-hybridized carbons (Fsp3) is 0.579. The van der Waals surface area contributed by atoms with E-state index >= 15 is 0 Å². The van der Waals surface area contributed by atoms with Crippen molar-refractivity contribution in [1.29, 1.82) is 0 Å². The molecule has 146 valence electrons. The number of carbonyl (C=O) groups is 3. The van der Waals surface area contributed by atoms with Crippen LogP contribution in [0.4, 0.5) is 0 Å². The van der Waals surface area contributed by atoms with Gasteiger partial charge in [0.2, 0.25) is 17.7 Å². The molecule has 2 aliphatic heterocycles. The number of rotatable bonds is 4. The number of hydrogen-bond acceptors (Lipinski definition) is 5. The minimum absolute atomic E-state index is 0.0690. The Balaban J connectivity index is 1.88. The number of piperazine rings is 1. The molecule has 1 aromatic rings. The van der Waals surface area contributed by atoms with Gasteiger partial charge in [0.25, 0.3) is 5.91 Å². The van der Waals surface area contributed by atoms with E-state index in [9.17, 15) is 19.5 Å². The lowest BCUT2D eigenvalue weighted by atomic mass is 10.0. The first kappa shape index (κ1) is 19.1. The summed E-state index contributed by atoms with van der Waals surface area (Å²) in [5.74, 6) is -0.233. The zero-order valence-electron chi connectivity index (χ0n) is 16.0. The van der Waals surface area contributed by atoms with Crippen LogP contribution >= 0.6 is 0 Å². The van der Waals surface area contributed by atoms with E-state index in [0.717, 1.165) is 6.42 Å². The second-order valence-electron chi connectivity index (χ2n) is 7.37. The van der Waals surface area contributed by atoms with E-state index in [1.54, 1.807) is 21.6 Å². The quantitative estimate of drug-likeness (QED) is 0.851. The van der Waals surface area contributed by atoms with Crippen LogP contribution in [0.15, 0.2) is 18.3 Å². The molecule has 1 aromatic heterocycles. The van der Waals surface area contributed by atoms with Gasteiger partial charge >= 0.3 is 0 Å². The van der Waals surface area contributed by atoms with Crippen molar-refractivity contribution in [2.75, 3.05) is 19.6 Å². The number of fused-ring (bicyclic) bond motifs is 1. The molecule has 3 atom stereocenters. The summed E-state index contributed by atoms with van der Waals surface area (Å²) in [5, 5.41) is 9.34. The Morgan fingerprint density at radius 3 is 2.74 bits per heavy atom. The number of carbonyl (C=O) groups excluding carboxylic acids is 3. The van der Waals surface area contributed by atoms with E-state index in [1.807, 2.05) is 0 Å². The van der Waals surface area contributed by atoms with Crippen LogP contribution in [0.5, 0.6) is 5.88 Å². The van der Waals surface area contributed by atoms with Crippen LogP contribution in [0.3, 0.4) is 0 Å². The third-order valence-electron chi connectivity index (χ3n) is 5.49. The molecule has 0 saturated carbocycles. The molecule has 0 aromatic carbocycles. The predicted octanol–water partition coefficient (Wildman–Crippen LogP) is 1.06. The van der Waals surface area contributed by atoms with Gasteiger partial charge in [-0.3, -0.25) is 14.4 Å². The lowest BCUT2D eigenvalue weighted by Gasteiger charge is -2.51. The highest BCUT2D eigenvalue weighted by molar-refractivity contribution is 5.96. The predicted molar refractivity (Wildman–Crippen MR) is 97.7 cm³/mol. The van der Waals surface area contributed by atoms with E-state index < -0.39 is 12.2 Å². The lowest BCUT2D eigenvalue weighted by molar-refractivity contribution is -0.166. The van der Waals surface area contributed by atoms with E-state index in [-0.39, 0.29) is 30.0 Å². The van der Waals surface area contributed by atoms with E-state index in [0.29, 0.717) is 31.1 Å². The molecule has 1 N–H and O–H groups in total. The Kier molecular flexibility index (Phi) is 5.34. The van der Waals surface area contributed by atoms with Gasteiger partial charge < -0.3 is 19.8 Å². The zero-order chi connectivity index (χ0) is 19.7. The van der Waals surface area contributed by atoms with Gasteiger partial charge in [-0.05, 0) is 18.9 Å². The summed E-state index contributed by atoms with van der Waals surface area (Å²) >= 11 is 0. The largest absolute Gasteiger partial charge is 0.493 e. The molecule has 8 heteroatoms. The summed E-state index contributed by atoms with van der Waals surface area (Å²) < 4.78 is 0. The van der Waals surface area contributed by atoms with Crippen LogP contribution < -0.4 is 0 Å². The number of pyridine rings is 1. The summed E-state index contributed by atoms with van der Waals surface area (Å²) in [6.45, 7) is 7.12. The minimum Gasteiger partial charge on any atom is -0.493 e. The van der Waals surface area contributed by atoms with Gasteiger partial charge in [-0.15, -0.1) is 0 Å². The Labute approximate surface area is 158 Å². The van der Waals surface area contributed by atoms with Gasteiger partial charge in [-0.25, -0.2) is 4.98 Å². The fourth-order valence-corrected chi connectivity index (χ4v) is 3.73. The van der Waals surface area contributed by atoms with Crippen LogP contribution in [0.2, 0.25) is 0 Å². The molecular formula is C19H26N4O4. The summed E-state index contributed by atoms with van der Waals surface area (Å²) in [6, 6.07) is 2.29. The Morgan fingerprint density at radius 2 is 2.11 bits per heavy atom. The van der Waals surface area contributed by atoms with Gasteiger partial charge in [0.1, 0.15) is 12.2 Å². The fourth-order valence-electron chi connectivity index (χ4n) is 3.73. The molecule has 0 aliphatic carbocycles. The zero-order valence-corrected chi connectivity index (χ0v) is 16.0. The van der Waals surface area contributed by atoms with Crippen molar-refractivity contribution in [1.82, 2.24) is 19.7 Å². The van der Waals surface area contributed by atoms with Crippen molar-refractivity contribution in [3.8, 4) is 5.88 Å². The first-order valence-electron chi connectivity index (χ1n) is 9.39. The molecular weight excluding hydrogens is 348 g/mol. The first-order valence-corrected chi connectivity index (χ1v) is 9.39. The second kappa shape index (κ2) is 7.54. The summed E-state index contributed by atoms with van der Waals surface area (Å²) in [6.07, 6.45) is 1.99. The molecule has 0 spiro atoms. The van der Waals surface area contributed by atoms with Gasteiger partial charge in [0, 0.05) is 31.8 Å². The van der Waals surface area contributed by atoms with Crippen LogP contribution in [0, 0.1) is 5.92 Å². The molecule has 2 fully saturated rings. The highest BCUT2D eigenvalue weighted by Crippen LogP contribution is 2.27. The number of nitrogens with zero attached hydrogens (tertiary/aromatic N) is 4. The van der Waals surface area contributed by atoms with Gasteiger partial charge in [-0.2, -0.15) is 0 Å². The molecule has 3 heterocycles. The van der Waals surface area contributed by atoms with Crippen molar-refractivity contribution in [3.05, 3.63) is 23.9 Å². The summed E-state index contributed by atoms with van der Waals surface area (Å²) in [4.78, 5) is 47.0. The van der Waals surface area contributed by atoms with Crippen molar-refractivity contribution >= 4 is 17.7 Å². The van der Waals surface area contributed by atoms with Crippen molar-refractivity contribution in [2.24, 2.45) is 5.92 Å². The third-order valence-corrected chi connectivity index (χ3v) is 5.49. The van der Waals surface area contributed by atoms with Crippen LogP contribution in [0.1, 0.15) is 44.0 Å². The Hall–Kier alpha value is -2.64. The molecule has 27 heavy (non-hydrogen) atoms. The molecule has 2 aliphatic rings. The van der Waals surface area contributed by atoms with E-state index in [1.165, 1.54) is 18.3 Å².